The molecule has 0 saturated heterocycles. The molecule has 26 heavy (non-hydrogen) atoms. The maximum Gasteiger partial charge on any atom is 0.439 e. The van der Waals surface area contributed by atoms with Crippen LogP contribution in [0.2, 0.25) is 0 Å². The van der Waals surface area contributed by atoms with Crippen LogP contribution in [0.4, 0.5) is 43.9 Å². The Bertz CT molecular complexity index is 469. The van der Waals surface area contributed by atoms with E-state index < -0.39 is 48.3 Å². The van der Waals surface area contributed by atoms with Gasteiger partial charge in [0.2, 0.25) is 0 Å². The lowest BCUT2D eigenvalue weighted by Crippen LogP contribution is -2.71. The molecule has 0 bridgehead atoms. The second-order valence-electron chi connectivity index (χ2n) is 6.28. The number of halogens is 10. The fraction of sp³-hybridized carbons (Fsp3) is 0.917. The highest BCUT2D eigenvalue weighted by molar-refractivity contribution is 5.87. The molecule has 0 aliphatic carbocycles. The molecule has 4 nitrogen and oxygen atoms in total. The van der Waals surface area contributed by atoms with E-state index in [0.717, 1.165) is 0 Å². The van der Waals surface area contributed by atoms with Crippen LogP contribution in [0.1, 0.15) is 6.42 Å². The smallest absolute Gasteiger partial charge is 0.353 e. The first-order chi connectivity index (χ1) is 11.4. The number of quaternary nitrogens is 1. The maximum atomic E-state index is 14.1. The molecule has 1 amide bonds. The van der Waals surface area contributed by atoms with Crippen molar-refractivity contribution in [2.24, 2.45) is 0 Å². The first-order valence-electron chi connectivity index (χ1n) is 6.96. The maximum absolute atomic E-state index is 14.1. The number of carbonyl (C=O) groups excluding carboxylic acids is 1. The molecule has 0 radical (unpaired) electrons. The third kappa shape index (κ3) is 5.34. The summed E-state index contributed by atoms with van der Waals surface area (Å²) in [4.78, 5) is 8.82. The van der Waals surface area contributed by atoms with E-state index in [1.807, 2.05) is 0 Å². The zero-order valence-electron chi connectivity index (χ0n) is 13.9. The first kappa shape index (κ1) is 24.7. The van der Waals surface area contributed by atoms with Crippen molar-refractivity contribution in [1.29, 1.82) is 0 Å². The Kier molecular flexibility index (Phi) is 7.74. The minimum Gasteiger partial charge on any atom is -0.353 e. The highest BCUT2D eigenvalue weighted by Crippen LogP contribution is 2.49. The summed E-state index contributed by atoms with van der Waals surface area (Å²) in [6.45, 7) is -10.2. The number of amides is 1. The van der Waals surface area contributed by atoms with E-state index >= 15 is 0 Å². The van der Waals surface area contributed by atoms with Crippen LogP contribution in [-0.4, -0.2) is 80.5 Å². The quantitative estimate of drug-likeness (QED) is 0.275. The van der Waals surface area contributed by atoms with Crippen molar-refractivity contribution in [3.8, 4) is 0 Å². The van der Waals surface area contributed by atoms with Crippen LogP contribution in [0.5, 0.6) is 0 Å². The summed E-state index contributed by atoms with van der Waals surface area (Å²) < 4.78 is 130. The van der Waals surface area contributed by atoms with Crippen LogP contribution in [0, 0.1) is 0 Å². The molecule has 0 aliphatic rings. The minimum absolute atomic E-state index is 0.0812. The van der Waals surface area contributed by atoms with E-state index in [1.54, 1.807) is 21.1 Å². The second kappa shape index (κ2) is 8.15. The Hall–Kier alpha value is -1.31. The number of alkyl halides is 10. The van der Waals surface area contributed by atoms with Gasteiger partial charge in [-0.3, -0.25) is 4.79 Å². The molecule has 1 N–H and O–H groups in total. The summed E-state index contributed by atoms with van der Waals surface area (Å²) in [5.41, 5.74) is -6.32. The Morgan fingerprint density at radius 2 is 1.38 bits per heavy atom. The van der Waals surface area contributed by atoms with Gasteiger partial charge in [-0.1, -0.05) is 0 Å². The van der Waals surface area contributed by atoms with Gasteiger partial charge in [0.05, 0.1) is 27.7 Å². The fourth-order valence-electron chi connectivity index (χ4n) is 1.82. The monoisotopic (exact) mass is 410 g/mol. The average Bonchev–Trinajstić information content (AvgIpc) is 2.38. The number of rotatable bonds is 9. The van der Waals surface area contributed by atoms with E-state index in [-0.39, 0.29) is 17.4 Å². The van der Waals surface area contributed by atoms with Gasteiger partial charge in [0.1, 0.15) is 0 Å². The van der Waals surface area contributed by atoms with E-state index in [9.17, 15) is 48.7 Å². The molecule has 0 heterocycles. The van der Waals surface area contributed by atoms with Gasteiger partial charge >= 0.3 is 31.0 Å². The topological polar surface area (TPSA) is 32.3 Å². The molecule has 0 saturated carbocycles. The zero-order valence-corrected chi connectivity index (χ0v) is 13.9. The minimum atomic E-state index is -6.75. The molecule has 0 rings (SSSR count). The molecular formula is C12H18F10N3O+. The number of nitrogens with zero attached hydrogens (tertiary/aromatic N) is 2. The van der Waals surface area contributed by atoms with Crippen molar-refractivity contribution in [3.05, 3.63) is 0 Å². The van der Waals surface area contributed by atoms with Crippen LogP contribution in [-0.2, 0) is 4.79 Å². The van der Waals surface area contributed by atoms with Gasteiger partial charge in [-0.25, -0.2) is 4.39 Å². The molecule has 156 valence electrons. The highest BCUT2D eigenvalue weighted by atomic mass is 19.4. The summed E-state index contributed by atoms with van der Waals surface area (Å²) in [7, 11) is 4.94. The van der Waals surface area contributed by atoms with E-state index in [1.165, 1.54) is 5.32 Å². The Morgan fingerprint density at radius 3 is 1.69 bits per heavy atom. The lowest BCUT2D eigenvalue weighted by Gasteiger charge is -2.38. The third-order valence-electron chi connectivity index (χ3n) is 3.15. The molecule has 0 aromatic carbocycles. The van der Waals surface area contributed by atoms with Crippen LogP contribution < -0.4 is 5.32 Å². The molecule has 0 aliphatic heterocycles. The number of hydrogen-bond acceptors (Lipinski definition) is 2. The predicted molar refractivity (Wildman–Crippen MR) is 69.2 cm³/mol. The van der Waals surface area contributed by atoms with Crippen molar-refractivity contribution >= 4 is 5.91 Å². The third-order valence-corrected chi connectivity index (χ3v) is 3.15. The van der Waals surface area contributed by atoms with Crippen molar-refractivity contribution in [2.45, 2.75) is 37.4 Å². The van der Waals surface area contributed by atoms with E-state index in [4.69, 9.17) is 0 Å². The van der Waals surface area contributed by atoms with Gasteiger partial charge in [0.25, 0.3) is 5.91 Å². The van der Waals surface area contributed by atoms with Gasteiger partial charge in [0, 0.05) is 13.0 Å². The highest BCUT2D eigenvalue weighted by Gasteiger charge is 2.80. The number of carbonyl (C=O) groups is 1. The van der Waals surface area contributed by atoms with Crippen LogP contribution in [0.25, 0.3) is 0 Å². The summed E-state index contributed by atoms with van der Waals surface area (Å²) in [5.74, 6) is -3.04. The second-order valence-corrected chi connectivity index (χ2v) is 6.28. The van der Waals surface area contributed by atoms with E-state index in [0.29, 0.717) is 0 Å². The number of nitrogens with one attached hydrogen (secondary N) is 1. The van der Waals surface area contributed by atoms with Gasteiger partial charge in [0.15, 0.2) is 0 Å². The lowest BCUT2D eigenvalue weighted by atomic mass is 10.00. The predicted octanol–water partition coefficient (Wildman–Crippen LogP) is 2.81. The summed E-state index contributed by atoms with van der Waals surface area (Å²) in [6.07, 6.45) is -6.83. The average molecular weight is 410 g/mol. The molecule has 0 aromatic heterocycles. The lowest BCUT2D eigenvalue weighted by molar-refractivity contribution is -0.870. The van der Waals surface area contributed by atoms with Crippen LogP contribution in [0.3, 0.4) is 0 Å². The molecule has 0 aromatic rings. The summed E-state index contributed by atoms with van der Waals surface area (Å²) in [5, 5.41) is 1.20. The van der Waals surface area contributed by atoms with E-state index in [2.05, 4.69) is 0 Å². The summed E-state index contributed by atoms with van der Waals surface area (Å²) in [6, 6.07) is -6.57. The molecule has 0 spiro atoms. The van der Waals surface area contributed by atoms with Crippen LogP contribution in [0.15, 0.2) is 0 Å². The Labute approximate surface area is 142 Å². The Balaban J connectivity index is 5.66. The molecular weight excluding hydrogens is 392 g/mol. The first-order valence-corrected chi connectivity index (χ1v) is 6.96. The SMILES string of the molecule is C[N+](C)(C)CCCNC(=O)C(F)(C(F)(F)F)C(F)(F)N(C(F)F)C(F)F. The van der Waals surface area contributed by atoms with Crippen molar-refractivity contribution in [1.82, 2.24) is 10.2 Å². The molecule has 1 atom stereocenters. The normalized spacial score (nSPS) is 16.3. The molecule has 1 unspecified atom stereocenters. The standard InChI is InChI=1S/C12H17F10N3O/c1-25(2,3)6-4-5-23-7(26)10(17,11(18,19)20)12(21,22)24(8(13)14)9(15)16/h8-9H,4-6H2,1-3H3/p+1. The van der Waals surface area contributed by atoms with Crippen LogP contribution >= 0.6 is 0 Å². The van der Waals surface area contributed by atoms with Gasteiger partial charge < -0.3 is 9.80 Å². The summed E-state index contributed by atoms with van der Waals surface area (Å²) >= 11 is 0. The fourth-order valence-corrected chi connectivity index (χ4v) is 1.82. The van der Waals surface area contributed by atoms with Gasteiger partial charge in [-0.2, -0.15) is 39.5 Å². The number of hydrogen-bond donors (Lipinski definition) is 1. The largest absolute Gasteiger partial charge is 0.439 e. The van der Waals surface area contributed by atoms with Crippen molar-refractivity contribution < 1.29 is 53.2 Å². The Morgan fingerprint density at radius 1 is 0.962 bits per heavy atom. The zero-order chi connectivity index (χ0) is 21.1. The molecule has 14 heteroatoms. The molecule has 0 fully saturated rings. The van der Waals surface area contributed by atoms with Gasteiger partial charge in [-0.05, 0) is 0 Å². The van der Waals surface area contributed by atoms with Gasteiger partial charge in [-0.15, -0.1) is 4.90 Å². The van der Waals surface area contributed by atoms with Crippen molar-refractivity contribution in [2.75, 3.05) is 34.2 Å². The van der Waals surface area contributed by atoms with Crippen molar-refractivity contribution in [3.63, 3.8) is 0 Å².